The zero-order chi connectivity index (χ0) is 21.1. The van der Waals surface area contributed by atoms with E-state index in [1.165, 1.54) is 7.11 Å². The minimum absolute atomic E-state index is 0.164. The predicted octanol–water partition coefficient (Wildman–Crippen LogP) is 5.45. The lowest BCUT2D eigenvalue weighted by molar-refractivity contribution is 0.187. The molecule has 0 spiro atoms. The molecule has 0 saturated carbocycles. The van der Waals surface area contributed by atoms with Crippen molar-refractivity contribution in [2.75, 3.05) is 12.4 Å². The Morgan fingerprint density at radius 3 is 2.57 bits per heavy atom. The third-order valence-electron chi connectivity index (χ3n) is 4.43. The molecule has 0 fully saturated rings. The van der Waals surface area contributed by atoms with E-state index in [1.54, 1.807) is 36.5 Å². The van der Waals surface area contributed by atoms with Crippen LogP contribution in [0.1, 0.15) is 0 Å². The summed E-state index contributed by atoms with van der Waals surface area (Å²) >= 11 is 3.41. The van der Waals surface area contributed by atoms with Crippen molar-refractivity contribution in [3.8, 4) is 39.7 Å². The first kappa shape index (κ1) is 19.7. The Morgan fingerprint density at radius 2 is 1.87 bits per heavy atom. The van der Waals surface area contributed by atoms with Gasteiger partial charge in [0.25, 0.3) is 0 Å². The SMILES string of the molecule is COC(=O)Nc1ccc(-c2nc(-c3cccc(O)c3)c(-c3ccnc(Br)c3)[nH]2)cc1. The van der Waals surface area contributed by atoms with Crippen LogP contribution in [0.2, 0.25) is 0 Å². The number of carbonyl (C=O) groups excluding carboxylic acids is 1. The van der Waals surface area contributed by atoms with Crippen molar-refractivity contribution < 1.29 is 14.6 Å². The molecule has 150 valence electrons. The fourth-order valence-corrected chi connectivity index (χ4v) is 3.38. The van der Waals surface area contributed by atoms with E-state index in [1.807, 2.05) is 30.3 Å². The van der Waals surface area contributed by atoms with E-state index in [0.717, 1.165) is 22.4 Å². The van der Waals surface area contributed by atoms with Crippen molar-refractivity contribution in [3.63, 3.8) is 0 Å². The highest BCUT2D eigenvalue weighted by molar-refractivity contribution is 9.10. The number of hydrogen-bond donors (Lipinski definition) is 3. The van der Waals surface area contributed by atoms with Crippen LogP contribution in [0.4, 0.5) is 10.5 Å². The molecule has 0 bridgehead atoms. The number of benzene rings is 2. The molecule has 30 heavy (non-hydrogen) atoms. The number of ether oxygens (including phenoxy) is 1. The predicted molar refractivity (Wildman–Crippen MR) is 118 cm³/mol. The quantitative estimate of drug-likeness (QED) is 0.348. The summed E-state index contributed by atoms with van der Waals surface area (Å²) in [7, 11) is 1.31. The summed E-state index contributed by atoms with van der Waals surface area (Å²) in [5.41, 5.74) is 4.64. The molecular weight excluding hydrogens is 448 g/mol. The first-order valence-electron chi connectivity index (χ1n) is 9.00. The zero-order valence-corrected chi connectivity index (χ0v) is 17.5. The number of hydrogen-bond acceptors (Lipinski definition) is 5. The van der Waals surface area contributed by atoms with E-state index >= 15 is 0 Å². The molecule has 0 saturated heterocycles. The summed E-state index contributed by atoms with van der Waals surface area (Å²) in [6.07, 6.45) is 1.18. The largest absolute Gasteiger partial charge is 0.508 e. The Bertz CT molecular complexity index is 1140. The summed E-state index contributed by atoms with van der Waals surface area (Å²) in [4.78, 5) is 23.7. The smallest absolute Gasteiger partial charge is 0.411 e. The number of pyridine rings is 1. The minimum atomic E-state index is -0.530. The number of amides is 1. The maximum atomic E-state index is 11.4. The van der Waals surface area contributed by atoms with Gasteiger partial charge in [0, 0.05) is 28.6 Å². The standard InChI is InChI=1S/C22H17BrN4O3/c1-30-22(29)25-16-7-5-13(6-8-16)21-26-19(14-3-2-4-17(28)11-14)20(27-21)15-9-10-24-18(23)12-15/h2-12,28H,1H3,(H,25,29)(H,26,27). The normalized spacial score (nSPS) is 10.6. The van der Waals surface area contributed by atoms with Gasteiger partial charge in [-0.3, -0.25) is 5.32 Å². The lowest BCUT2D eigenvalue weighted by Gasteiger charge is -2.04. The van der Waals surface area contributed by atoms with E-state index in [0.29, 0.717) is 21.8 Å². The number of phenolic OH excluding ortho intramolecular Hbond substituents is 1. The van der Waals surface area contributed by atoms with Gasteiger partial charge in [-0.1, -0.05) is 12.1 Å². The molecule has 3 N–H and O–H groups in total. The summed E-state index contributed by atoms with van der Waals surface area (Å²) < 4.78 is 5.31. The summed E-state index contributed by atoms with van der Waals surface area (Å²) in [6, 6.07) is 18.0. The van der Waals surface area contributed by atoms with E-state index in [-0.39, 0.29) is 5.75 Å². The molecule has 1 amide bonds. The lowest BCUT2D eigenvalue weighted by Crippen LogP contribution is -2.10. The number of methoxy groups -OCH3 is 1. The van der Waals surface area contributed by atoms with Gasteiger partial charge >= 0.3 is 6.09 Å². The second-order valence-corrected chi connectivity index (χ2v) is 7.23. The summed E-state index contributed by atoms with van der Waals surface area (Å²) in [6.45, 7) is 0. The van der Waals surface area contributed by atoms with E-state index in [9.17, 15) is 9.90 Å². The molecule has 0 unspecified atom stereocenters. The number of H-pyrrole nitrogens is 1. The Labute approximate surface area is 180 Å². The third kappa shape index (κ3) is 4.18. The number of anilines is 1. The molecule has 0 radical (unpaired) electrons. The van der Waals surface area contributed by atoms with Gasteiger partial charge in [-0.25, -0.2) is 14.8 Å². The van der Waals surface area contributed by atoms with Crippen molar-refractivity contribution in [2.45, 2.75) is 0 Å². The van der Waals surface area contributed by atoms with Crippen LogP contribution in [0.5, 0.6) is 5.75 Å². The zero-order valence-electron chi connectivity index (χ0n) is 15.9. The molecule has 7 nitrogen and oxygen atoms in total. The van der Waals surface area contributed by atoms with E-state index in [4.69, 9.17) is 4.98 Å². The molecule has 2 aromatic carbocycles. The Hall–Kier alpha value is -3.65. The summed E-state index contributed by atoms with van der Waals surface area (Å²) in [5.74, 6) is 0.818. The van der Waals surface area contributed by atoms with Gasteiger partial charge < -0.3 is 14.8 Å². The van der Waals surface area contributed by atoms with Gasteiger partial charge in [-0.15, -0.1) is 0 Å². The highest BCUT2D eigenvalue weighted by Gasteiger charge is 2.16. The number of imidazole rings is 1. The molecule has 0 atom stereocenters. The van der Waals surface area contributed by atoms with Gasteiger partial charge in [0.15, 0.2) is 0 Å². The number of nitrogens with one attached hydrogen (secondary N) is 2. The lowest BCUT2D eigenvalue weighted by atomic mass is 10.1. The second kappa shape index (κ2) is 8.38. The maximum absolute atomic E-state index is 11.4. The number of aromatic nitrogens is 3. The average Bonchev–Trinajstić information content (AvgIpc) is 3.20. The average molecular weight is 465 g/mol. The number of nitrogens with zero attached hydrogens (tertiary/aromatic N) is 2. The number of phenols is 1. The van der Waals surface area contributed by atoms with Gasteiger partial charge in [0.1, 0.15) is 16.2 Å². The first-order chi connectivity index (χ1) is 14.5. The van der Waals surface area contributed by atoms with Crippen LogP contribution in [0, 0.1) is 0 Å². The van der Waals surface area contributed by atoms with Crippen molar-refractivity contribution in [2.24, 2.45) is 0 Å². The van der Waals surface area contributed by atoms with Crippen LogP contribution in [0.3, 0.4) is 0 Å². The van der Waals surface area contributed by atoms with Crippen LogP contribution in [0.15, 0.2) is 71.5 Å². The first-order valence-corrected chi connectivity index (χ1v) is 9.79. The van der Waals surface area contributed by atoms with Crippen LogP contribution < -0.4 is 5.32 Å². The summed E-state index contributed by atoms with van der Waals surface area (Å²) in [5, 5.41) is 12.5. The van der Waals surface area contributed by atoms with Crippen LogP contribution in [-0.2, 0) is 4.74 Å². The van der Waals surface area contributed by atoms with Crippen molar-refractivity contribution in [1.29, 1.82) is 0 Å². The van der Waals surface area contributed by atoms with E-state index in [2.05, 4.69) is 36.0 Å². The van der Waals surface area contributed by atoms with Crippen molar-refractivity contribution in [1.82, 2.24) is 15.0 Å². The monoisotopic (exact) mass is 464 g/mol. The topological polar surface area (TPSA) is 100 Å². The number of carbonyl (C=O) groups is 1. The fraction of sp³-hybridized carbons (Fsp3) is 0.0455. The second-order valence-electron chi connectivity index (χ2n) is 6.42. The molecule has 8 heteroatoms. The highest BCUT2D eigenvalue weighted by atomic mass is 79.9. The van der Waals surface area contributed by atoms with Gasteiger partial charge in [-0.2, -0.15) is 0 Å². The molecule has 0 aliphatic carbocycles. The van der Waals surface area contributed by atoms with Gasteiger partial charge in [0.05, 0.1) is 18.5 Å². The number of halogens is 1. The third-order valence-corrected chi connectivity index (χ3v) is 4.86. The Balaban J connectivity index is 1.78. The van der Waals surface area contributed by atoms with Crippen molar-refractivity contribution >= 4 is 27.7 Å². The van der Waals surface area contributed by atoms with Crippen molar-refractivity contribution in [3.05, 3.63) is 71.5 Å². The molecule has 0 aliphatic rings. The fourth-order valence-electron chi connectivity index (χ4n) is 3.02. The van der Waals surface area contributed by atoms with E-state index < -0.39 is 6.09 Å². The van der Waals surface area contributed by atoms with Gasteiger partial charge in [0.2, 0.25) is 0 Å². The molecular formula is C22H17BrN4O3. The minimum Gasteiger partial charge on any atom is -0.508 e. The van der Waals surface area contributed by atoms with Crippen LogP contribution >= 0.6 is 15.9 Å². The Kier molecular flexibility index (Phi) is 5.49. The van der Waals surface area contributed by atoms with Crippen LogP contribution in [0.25, 0.3) is 33.9 Å². The molecule has 4 rings (SSSR count). The maximum Gasteiger partial charge on any atom is 0.411 e. The molecule has 4 aromatic rings. The molecule has 0 aliphatic heterocycles. The van der Waals surface area contributed by atoms with Crippen LogP contribution in [-0.4, -0.2) is 33.3 Å². The Morgan fingerprint density at radius 1 is 1.07 bits per heavy atom. The highest BCUT2D eigenvalue weighted by Crippen LogP contribution is 2.35. The van der Waals surface area contributed by atoms with Gasteiger partial charge in [-0.05, 0) is 64.5 Å². The molecule has 2 heterocycles. The number of rotatable bonds is 4. The molecule has 2 aromatic heterocycles. The number of aromatic amines is 1. The number of aromatic hydroxyl groups is 1.